The normalized spacial score (nSPS) is 10.8. The first kappa shape index (κ1) is 13.0. The minimum Gasteiger partial charge on any atom is -0.230 e. The van der Waals surface area contributed by atoms with Crippen LogP contribution in [0.15, 0.2) is 12.1 Å². The van der Waals surface area contributed by atoms with Gasteiger partial charge in [-0.2, -0.15) is 0 Å². The summed E-state index contributed by atoms with van der Waals surface area (Å²) in [5.41, 5.74) is 4.50. The van der Waals surface area contributed by atoms with Crippen LogP contribution in [-0.2, 0) is 0 Å². The fraction of sp³-hybridized carbons (Fsp3) is 0.286. The zero-order valence-corrected chi connectivity index (χ0v) is 11.6. The second-order valence-electron chi connectivity index (χ2n) is 4.51. The highest BCUT2D eigenvalue weighted by Gasteiger charge is 2.14. The molecule has 0 saturated heterocycles. The van der Waals surface area contributed by atoms with Gasteiger partial charge in [-0.3, -0.25) is 0 Å². The molecular formula is C14H14ClFN2. The van der Waals surface area contributed by atoms with E-state index >= 15 is 0 Å². The first-order valence-corrected chi connectivity index (χ1v) is 6.06. The number of aryl methyl sites for hydroxylation is 4. The molecule has 0 N–H and O–H groups in total. The van der Waals surface area contributed by atoms with Crippen LogP contribution in [0.1, 0.15) is 22.4 Å². The quantitative estimate of drug-likeness (QED) is 0.723. The second kappa shape index (κ2) is 4.65. The van der Waals surface area contributed by atoms with Crippen LogP contribution in [0.4, 0.5) is 4.39 Å². The van der Waals surface area contributed by atoms with Crippen molar-refractivity contribution in [2.75, 3.05) is 0 Å². The van der Waals surface area contributed by atoms with E-state index in [1.807, 2.05) is 20.8 Å². The molecule has 4 heteroatoms. The molecule has 1 heterocycles. The van der Waals surface area contributed by atoms with Crippen molar-refractivity contribution in [2.45, 2.75) is 27.7 Å². The van der Waals surface area contributed by atoms with E-state index in [9.17, 15) is 4.39 Å². The molecular weight excluding hydrogens is 251 g/mol. The van der Waals surface area contributed by atoms with Crippen LogP contribution in [0.3, 0.4) is 0 Å². The molecule has 0 atom stereocenters. The maximum Gasteiger partial charge on any atom is 0.181 e. The van der Waals surface area contributed by atoms with Crippen molar-refractivity contribution in [3.63, 3.8) is 0 Å². The highest BCUT2D eigenvalue weighted by molar-refractivity contribution is 6.29. The highest BCUT2D eigenvalue weighted by Crippen LogP contribution is 2.27. The third-order valence-corrected chi connectivity index (χ3v) is 3.13. The molecule has 2 aromatic rings. The van der Waals surface area contributed by atoms with Crippen LogP contribution in [-0.4, -0.2) is 9.97 Å². The average Bonchev–Trinajstić information content (AvgIpc) is 2.24. The lowest BCUT2D eigenvalue weighted by Crippen LogP contribution is -2.00. The van der Waals surface area contributed by atoms with Gasteiger partial charge < -0.3 is 0 Å². The smallest absolute Gasteiger partial charge is 0.181 e. The summed E-state index contributed by atoms with van der Waals surface area (Å²) in [5.74, 6) is -0.0725. The van der Waals surface area contributed by atoms with Crippen molar-refractivity contribution < 1.29 is 4.39 Å². The van der Waals surface area contributed by atoms with E-state index in [0.29, 0.717) is 5.82 Å². The van der Waals surface area contributed by atoms with Crippen LogP contribution in [0.5, 0.6) is 0 Å². The van der Waals surface area contributed by atoms with E-state index in [0.717, 1.165) is 16.7 Å². The van der Waals surface area contributed by atoms with Crippen molar-refractivity contribution in [3.8, 4) is 11.4 Å². The van der Waals surface area contributed by atoms with E-state index in [2.05, 4.69) is 22.1 Å². The Morgan fingerprint density at radius 1 is 1.00 bits per heavy atom. The minimum atomic E-state index is -0.553. The van der Waals surface area contributed by atoms with Crippen molar-refractivity contribution >= 4 is 11.6 Å². The largest absolute Gasteiger partial charge is 0.230 e. The van der Waals surface area contributed by atoms with Crippen LogP contribution in [0.2, 0.25) is 5.15 Å². The topological polar surface area (TPSA) is 25.8 Å². The molecule has 0 unspecified atom stereocenters. The highest BCUT2D eigenvalue weighted by atomic mass is 35.5. The summed E-state index contributed by atoms with van der Waals surface area (Å²) in [6.45, 7) is 7.61. The summed E-state index contributed by atoms with van der Waals surface area (Å²) < 4.78 is 13.4. The van der Waals surface area contributed by atoms with Crippen LogP contribution >= 0.6 is 11.6 Å². The third kappa shape index (κ3) is 2.23. The molecule has 0 bridgehead atoms. The number of benzene rings is 1. The second-order valence-corrected chi connectivity index (χ2v) is 4.87. The SMILES string of the molecule is Cc1cc(C)c(-c2nc(C)c(F)c(Cl)n2)c(C)c1. The molecule has 0 aliphatic heterocycles. The van der Waals surface area contributed by atoms with Crippen LogP contribution in [0, 0.1) is 33.5 Å². The molecule has 0 fully saturated rings. The van der Waals surface area contributed by atoms with Gasteiger partial charge in [0.15, 0.2) is 16.8 Å². The van der Waals surface area contributed by atoms with Crippen molar-refractivity contribution in [1.29, 1.82) is 0 Å². The predicted octanol–water partition coefficient (Wildman–Crippen LogP) is 4.17. The molecule has 0 aliphatic carbocycles. The monoisotopic (exact) mass is 264 g/mol. The van der Waals surface area contributed by atoms with Gasteiger partial charge in [-0.25, -0.2) is 14.4 Å². The first-order valence-electron chi connectivity index (χ1n) is 5.68. The lowest BCUT2D eigenvalue weighted by molar-refractivity contribution is 0.603. The van der Waals surface area contributed by atoms with E-state index in [-0.39, 0.29) is 10.8 Å². The standard InChI is InChI=1S/C14H14ClFN2/c1-7-5-8(2)11(9(3)6-7)14-17-10(4)12(16)13(15)18-14/h5-6H,1-4H3. The maximum atomic E-state index is 13.4. The third-order valence-electron chi connectivity index (χ3n) is 2.88. The Hall–Kier alpha value is -1.48. The van der Waals surface area contributed by atoms with E-state index in [1.54, 1.807) is 6.92 Å². The summed E-state index contributed by atoms with van der Waals surface area (Å²) in [6.07, 6.45) is 0. The Labute approximate surface area is 111 Å². The summed E-state index contributed by atoms with van der Waals surface area (Å²) in [6, 6.07) is 4.11. The van der Waals surface area contributed by atoms with E-state index in [1.165, 1.54) is 5.56 Å². The summed E-state index contributed by atoms with van der Waals surface area (Å²) in [7, 11) is 0. The van der Waals surface area contributed by atoms with Gasteiger partial charge in [-0.05, 0) is 38.8 Å². The summed E-state index contributed by atoms with van der Waals surface area (Å²) >= 11 is 5.78. The van der Waals surface area contributed by atoms with E-state index < -0.39 is 5.82 Å². The van der Waals surface area contributed by atoms with Gasteiger partial charge in [-0.1, -0.05) is 29.3 Å². The molecule has 1 aromatic heterocycles. The molecule has 18 heavy (non-hydrogen) atoms. The van der Waals surface area contributed by atoms with Gasteiger partial charge in [0, 0.05) is 5.56 Å². The lowest BCUT2D eigenvalue weighted by Gasteiger charge is -2.11. The molecule has 0 spiro atoms. The van der Waals surface area contributed by atoms with E-state index in [4.69, 9.17) is 11.6 Å². The Balaban J connectivity index is 2.70. The van der Waals surface area contributed by atoms with Crippen LogP contribution in [0.25, 0.3) is 11.4 Å². The van der Waals surface area contributed by atoms with Gasteiger partial charge in [0.05, 0.1) is 5.69 Å². The Bertz CT molecular complexity index is 577. The molecule has 0 radical (unpaired) electrons. The van der Waals surface area contributed by atoms with Gasteiger partial charge >= 0.3 is 0 Å². The van der Waals surface area contributed by atoms with Gasteiger partial charge in [0.1, 0.15) is 0 Å². The van der Waals surface area contributed by atoms with Crippen molar-refractivity contribution in [2.24, 2.45) is 0 Å². The summed E-state index contributed by atoms with van der Waals surface area (Å²) in [4.78, 5) is 8.22. The molecule has 0 saturated carbocycles. The molecule has 2 rings (SSSR count). The molecule has 94 valence electrons. The van der Waals surface area contributed by atoms with Crippen molar-refractivity contribution in [1.82, 2.24) is 9.97 Å². The Morgan fingerprint density at radius 2 is 1.56 bits per heavy atom. The fourth-order valence-corrected chi connectivity index (χ4v) is 2.39. The molecule has 0 amide bonds. The van der Waals surface area contributed by atoms with Crippen molar-refractivity contribution in [3.05, 3.63) is 45.5 Å². The maximum absolute atomic E-state index is 13.4. The predicted molar refractivity (Wildman–Crippen MR) is 71.4 cm³/mol. The average molecular weight is 265 g/mol. The number of hydrogen-bond donors (Lipinski definition) is 0. The van der Waals surface area contributed by atoms with Gasteiger partial charge in [0.2, 0.25) is 0 Å². The fourth-order valence-electron chi connectivity index (χ4n) is 2.17. The zero-order chi connectivity index (χ0) is 13.4. The zero-order valence-electron chi connectivity index (χ0n) is 10.8. The Morgan fingerprint density at radius 3 is 2.06 bits per heavy atom. The number of rotatable bonds is 1. The number of hydrogen-bond acceptors (Lipinski definition) is 2. The molecule has 1 aromatic carbocycles. The number of nitrogens with zero attached hydrogens (tertiary/aromatic N) is 2. The lowest BCUT2D eigenvalue weighted by atomic mass is 9.99. The van der Waals surface area contributed by atoms with Gasteiger partial charge in [0.25, 0.3) is 0 Å². The van der Waals surface area contributed by atoms with Crippen LogP contribution < -0.4 is 0 Å². The molecule has 0 aliphatic rings. The Kier molecular flexibility index (Phi) is 3.35. The number of aromatic nitrogens is 2. The summed E-state index contributed by atoms with van der Waals surface area (Å²) in [5, 5.41) is -0.128. The minimum absolute atomic E-state index is 0.128. The first-order chi connectivity index (χ1) is 8.40. The molecule has 2 nitrogen and oxygen atoms in total. The number of halogens is 2. The van der Waals surface area contributed by atoms with Gasteiger partial charge in [-0.15, -0.1) is 0 Å².